The van der Waals surface area contributed by atoms with Crippen LogP contribution in [-0.4, -0.2) is 36.6 Å². The van der Waals surface area contributed by atoms with Crippen LogP contribution >= 0.6 is 0 Å². The number of carbonyl (C=O) groups excluding carboxylic acids is 1. The van der Waals surface area contributed by atoms with Crippen molar-refractivity contribution in [3.05, 3.63) is 35.4 Å². The van der Waals surface area contributed by atoms with Crippen LogP contribution < -0.4 is 0 Å². The molecule has 1 aromatic carbocycles. The molecule has 1 saturated heterocycles. The molecule has 0 aliphatic carbocycles. The SMILES string of the molecule is CC1COCCN1C(=O)c1ccc(C(F)(F)F)cc1. The van der Waals surface area contributed by atoms with Gasteiger partial charge < -0.3 is 9.64 Å². The third kappa shape index (κ3) is 3.07. The molecule has 0 aromatic heterocycles. The lowest BCUT2D eigenvalue weighted by Gasteiger charge is -2.33. The second-order valence-electron chi connectivity index (χ2n) is 4.50. The first kappa shape index (κ1) is 13.9. The van der Waals surface area contributed by atoms with Gasteiger partial charge in [0.15, 0.2) is 0 Å². The van der Waals surface area contributed by atoms with Crippen LogP contribution in [0.4, 0.5) is 13.2 Å². The molecule has 1 unspecified atom stereocenters. The van der Waals surface area contributed by atoms with Crippen molar-refractivity contribution < 1.29 is 22.7 Å². The van der Waals surface area contributed by atoms with Crippen molar-refractivity contribution >= 4 is 5.91 Å². The van der Waals surface area contributed by atoms with Crippen molar-refractivity contribution in [2.24, 2.45) is 0 Å². The summed E-state index contributed by atoms with van der Waals surface area (Å²) in [5, 5.41) is 0. The Labute approximate surface area is 109 Å². The van der Waals surface area contributed by atoms with Crippen molar-refractivity contribution in [2.45, 2.75) is 19.1 Å². The highest BCUT2D eigenvalue weighted by Gasteiger charge is 2.31. The molecule has 0 N–H and O–H groups in total. The maximum absolute atomic E-state index is 12.4. The standard InChI is InChI=1S/C13H14F3NO2/c1-9-8-19-7-6-17(9)12(18)10-2-4-11(5-3-10)13(14,15)16/h2-5,9H,6-8H2,1H3. The average Bonchev–Trinajstić information content (AvgIpc) is 2.38. The van der Waals surface area contributed by atoms with Gasteiger partial charge in [0.2, 0.25) is 0 Å². The van der Waals surface area contributed by atoms with Gasteiger partial charge in [-0.05, 0) is 31.2 Å². The number of halogens is 3. The average molecular weight is 273 g/mol. The van der Waals surface area contributed by atoms with Gasteiger partial charge in [0, 0.05) is 12.1 Å². The zero-order valence-corrected chi connectivity index (χ0v) is 10.4. The highest BCUT2D eigenvalue weighted by Crippen LogP contribution is 2.29. The van der Waals surface area contributed by atoms with Crippen LogP contribution in [0.15, 0.2) is 24.3 Å². The number of alkyl halides is 3. The number of ether oxygens (including phenoxy) is 1. The zero-order valence-electron chi connectivity index (χ0n) is 10.4. The number of rotatable bonds is 1. The van der Waals surface area contributed by atoms with Gasteiger partial charge in [0.25, 0.3) is 5.91 Å². The Balaban J connectivity index is 2.15. The molecule has 1 aliphatic rings. The summed E-state index contributed by atoms with van der Waals surface area (Å²) in [4.78, 5) is 13.8. The fourth-order valence-corrected chi connectivity index (χ4v) is 2.00. The summed E-state index contributed by atoms with van der Waals surface area (Å²) in [7, 11) is 0. The summed E-state index contributed by atoms with van der Waals surface area (Å²) in [6, 6.07) is 4.22. The van der Waals surface area contributed by atoms with E-state index in [2.05, 4.69) is 0 Å². The third-order valence-corrected chi connectivity index (χ3v) is 3.09. The summed E-state index contributed by atoms with van der Waals surface area (Å²) in [5.41, 5.74) is -0.485. The first-order valence-electron chi connectivity index (χ1n) is 5.95. The van der Waals surface area contributed by atoms with E-state index in [-0.39, 0.29) is 17.5 Å². The van der Waals surface area contributed by atoms with Crippen molar-refractivity contribution in [1.82, 2.24) is 4.90 Å². The normalized spacial score (nSPS) is 20.4. The Bertz CT molecular complexity index is 456. The van der Waals surface area contributed by atoms with Crippen LogP contribution in [0.5, 0.6) is 0 Å². The number of morpholine rings is 1. The van der Waals surface area contributed by atoms with E-state index in [1.54, 1.807) is 4.90 Å². The summed E-state index contributed by atoms with van der Waals surface area (Å²) >= 11 is 0. The lowest BCUT2D eigenvalue weighted by molar-refractivity contribution is -0.137. The summed E-state index contributed by atoms with van der Waals surface area (Å²) in [5.74, 6) is -0.260. The van der Waals surface area contributed by atoms with E-state index in [9.17, 15) is 18.0 Å². The molecule has 1 amide bonds. The fraction of sp³-hybridized carbons (Fsp3) is 0.462. The first-order chi connectivity index (χ1) is 8.89. The van der Waals surface area contributed by atoms with E-state index in [0.29, 0.717) is 19.8 Å². The second-order valence-corrected chi connectivity index (χ2v) is 4.50. The molecule has 19 heavy (non-hydrogen) atoms. The molecule has 0 bridgehead atoms. The van der Waals surface area contributed by atoms with E-state index in [0.717, 1.165) is 12.1 Å². The van der Waals surface area contributed by atoms with Crippen LogP contribution in [0.25, 0.3) is 0 Å². The molecule has 0 radical (unpaired) electrons. The minimum Gasteiger partial charge on any atom is -0.377 e. The monoisotopic (exact) mass is 273 g/mol. The van der Waals surface area contributed by atoms with Crippen LogP contribution in [-0.2, 0) is 10.9 Å². The molecule has 104 valence electrons. The van der Waals surface area contributed by atoms with Gasteiger partial charge in [-0.1, -0.05) is 0 Å². The Morgan fingerprint density at radius 1 is 1.32 bits per heavy atom. The van der Waals surface area contributed by atoms with E-state index in [4.69, 9.17) is 4.74 Å². The van der Waals surface area contributed by atoms with Gasteiger partial charge in [-0.3, -0.25) is 4.79 Å². The Morgan fingerprint density at radius 3 is 2.47 bits per heavy atom. The van der Waals surface area contributed by atoms with E-state index >= 15 is 0 Å². The van der Waals surface area contributed by atoms with Crippen LogP contribution in [0, 0.1) is 0 Å². The number of carbonyl (C=O) groups is 1. The van der Waals surface area contributed by atoms with Gasteiger partial charge in [0.05, 0.1) is 24.8 Å². The third-order valence-electron chi connectivity index (χ3n) is 3.09. The molecule has 1 aliphatic heterocycles. The maximum Gasteiger partial charge on any atom is 0.416 e. The molecule has 6 heteroatoms. The molecular formula is C13H14F3NO2. The number of hydrogen-bond donors (Lipinski definition) is 0. The molecule has 2 rings (SSSR count). The molecule has 1 atom stereocenters. The van der Waals surface area contributed by atoms with Crippen molar-refractivity contribution in [3.8, 4) is 0 Å². The minimum absolute atomic E-state index is 0.0662. The quantitative estimate of drug-likeness (QED) is 0.787. The number of nitrogens with zero attached hydrogens (tertiary/aromatic N) is 1. The molecule has 1 aromatic rings. The highest BCUT2D eigenvalue weighted by atomic mass is 19.4. The van der Waals surface area contributed by atoms with Gasteiger partial charge in [-0.2, -0.15) is 13.2 Å². The molecule has 1 fully saturated rings. The number of hydrogen-bond acceptors (Lipinski definition) is 2. The van der Waals surface area contributed by atoms with Crippen LogP contribution in [0.1, 0.15) is 22.8 Å². The number of benzene rings is 1. The predicted octanol–water partition coefficient (Wildman–Crippen LogP) is 2.57. The van der Waals surface area contributed by atoms with Gasteiger partial charge in [0.1, 0.15) is 0 Å². The second kappa shape index (κ2) is 5.21. The van der Waals surface area contributed by atoms with E-state index < -0.39 is 11.7 Å². The molecular weight excluding hydrogens is 259 g/mol. The molecule has 1 heterocycles. The van der Waals surface area contributed by atoms with Crippen molar-refractivity contribution in [2.75, 3.05) is 19.8 Å². The minimum atomic E-state index is -4.38. The lowest BCUT2D eigenvalue weighted by Crippen LogP contribution is -2.47. The molecule has 0 saturated carbocycles. The van der Waals surface area contributed by atoms with Crippen molar-refractivity contribution in [3.63, 3.8) is 0 Å². The largest absolute Gasteiger partial charge is 0.416 e. The molecule has 3 nitrogen and oxygen atoms in total. The summed E-state index contributed by atoms with van der Waals surface area (Å²) in [6.07, 6.45) is -4.38. The predicted molar refractivity (Wildman–Crippen MR) is 62.8 cm³/mol. The maximum atomic E-state index is 12.4. The Kier molecular flexibility index (Phi) is 3.80. The number of amides is 1. The van der Waals surface area contributed by atoms with Crippen LogP contribution in [0.3, 0.4) is 0 Å². The fourth-order valence-electron chi connectivity index (χ4n) is 2.00. The lowest BCUT2D eigenvalue weighted by atomic mass is 10.1. The van der Waals surface area contributed by atoms with Crippen molar-refractivity contribution in [1.29, 1.82) is 0 Å². The Morgan fingerprint density at radius 2 is 1.95 bits per heavy atom. The zero-order chi connectivity index (χ0) is 14.0. The molecule has 0 spiro atoms. The Hall–Kier alpha value is -1.56. The highest BCUT2D eigenvalue weighted by molar-refractivity contribution is 5.94. The van der Waals surface area contributed by atoms with E-state index in [1.807, 2.05) is 6.92 Å². The topological polar surface area (TPSA) is 29.5 Å². The first-order valence-corrected chi connectivity index (χ1v) is 5.95. The smallest absolute Gasteiger partial charge is 0.377 e. The van der Waals surface area contributed by atoms with Gasteiger partial charge in [-0.25, -0.2) is 0 Å². The van der Waals surface area contributed by atoms with E-state index in [1.165, 1.54) is 12.1 Å². The van der Waals surface area contributed by atoms with Crippen LogP contribution in [0.2, 0.25) is 0 Å². The summed E-state index contributed by atoms with van der Waals surface area (Å²) in [6.45, 7) is 3.21. The summed E-state index contributed by atoms with van der Waals surface area (Å²) < 4.78 is 42.5. The van der Waals surface area contributed by atoms with Gasteiger partial charge >= 0.3 is 6.18 Å². The van der Waals surface area contributed by atoms with Gasteiger partial charge in [-0.15, -0.1) is 0 Å².